The second kappa shape index (κ2) is 5.27. The van der Waals surface area contributed by atoms with E-state index < -0.39 is 5.97 Å². The Kier molecular flexibility index (Phi) is 3.52. The van der Waals surface area contributed by atoms with Crippen LogP contribution in [0.3, 0.4) is 0 Å². The SMILES string of the molecule is Nc1ccc(C(=Cc2ccccc2)C(=O)O)c(N)c1. The quantitative estimate of drug-likeness (QED) is 0.446. The summed E-state index contributed by atoms with van der Waals surface area (Å²) in [4.78, 5) is 11.4. The summed E-state index contributed by atoms with van der Waals surface area (Å²) in [5, 5.41) is 9.33. The molecule has 0 radical (unpaired) electrons. The van der Waals surface area contributed by atoms with Crippen molar-refractivity contribution < 1.29 is 9.90 Å². The molecule has 0 heterocycles. The Labute approximate surface area is 111 Å². The summed E-state index contributed by atoms with van der Waals surface area (Å²) in [6.45, 7) is 0. The molecule has 0 atom stereocenters. The first kappa shape index (κ1) is 12.7. The van der Waals surface area contributed by atoms with Gasteiger partial charge in [0, 0.05) is 16.9 Å². The number of carbonyl (C=O) groups is 1. The van der Waals surface area contributed by atoms with Crippen molar-refractivity contribution in [3.05, 3.63) is 59.7 Å². The Morgan fingerprint density at radius 1 is 1.05 bits per heavy atom. The molecule has 2 rings (SSSR count). The number of hydrogen-bond acceptors (Lipinski definition) is 3. The van der Waals surface area contributed by atoms with Gasteiger partial charge in [-0.1, -0.05) is 30.3 Å². The summed E-state index contributed by atoms with van der Waals surface area (Å²) in [5.41, 5.74) is 13.7. The standard InChI is InChI=1S/C15H14N2O2/c16-11-6-7-12(14(17)9-11)13(15(18)19)8-10-4-2-1-3-5-10/h1-9H,16-17H2,(H,18,19). The van der Waals surface area contributed by atoms with Crippen molar-refractivity contribution in [3.63, 3.8) is 0 Å². The van der Waals surface area contributed by atoms with Crippen molar-refractivity contribution in [1.29, 1.82) is 0 Å². The molecule has 2 aromatic rings. The third-order valence-electron chi connectivity index (χ3n) is 2.71. The summed E-state index contributed by atoms with van der Waals surface area (Å²) in [7, 11) is 0. The van der Waals surface area contributed by atoms with Crippen LogP contribution >= 0.6 is 0 Å². The van der Waals surface area contributed by atoms with Crippen LogP contribution in [0.2, 0.25) is 0 Å². The van der Waals surface area contributed by atoms with Crippen LogP contribution in [-0.2, 0) is 4.79 Å². The monoisotopic (exact) mass is 254 g/mol. The van der Waals surface area contributed by atoms with Crippen LogP contribution in [-0.4, -0.2) is 11.1 Å². The molecule has 0 aliphatic heterocycles. The molecule has 4 nitrogen and oxygen atoms in total. The van der Waals surface area contributed by atoms with Gasteiger partial charge in [0.2, 0.25) is 0 Å². The highest BCUT2D eigenvalue weighted by Gasteiger charge is 2.13. The number of carboxylic acid groups (broad SMARTS) is 1. The Hall–Kier alpha value is -2.75. The van der Waals surface area contributed by atoms with E-state index in [1.54, 1.807) is 24.3 Å². The molecular weight excluding hydrogens is 240 g/mol. The number of carboxylic acids is 1. The van der Waals surface area contributed by atoms with Crippen LogP contribution in [0.15, 0.2) is 48.5 Å². The van der Waals surface area contributed by atoms with Crippen LogP contribution in [0.1, 0.15) is 11.1 Å². The van der Waals surface area contributed by atoms with Crippen molar-refractivity contribution >= 4 is 29.0 Å². The summed E-state index contributed by atoms with van der Waals surface area (Å²) in [6.07, 6.45) is 1.59. The third kappa shape index (κ3) is 2.93. The van der Waals surface area contributed by atoms with Crippen LogP contribution in [0.4, 0.5) is 11.4 Å². The number of aliphatic carboxylic acids is 1. The van der Waals surface area contributed by atoms with Gasteiger partial charge in [-0.15, -0.1) is 0 Å². The minimum atomic E-state index is -1.03. The molecule has 0 aromatic heterocycles. The first-order valence-corrected chi connectivity index (χ1v) is 5.73. The summed E-state index contributed by atoms with van der Waals surface area (Å²) in [5.74, 6) is -1.03. The second-order valence-electron chi connectivity index (χ2n) is 4.12. The van der Waals surface area contributed by atoms with Gasteiger partial charge < -0.3 is 16.6 Å². The van der Waals surface area contributed by atoms with E-state index in [2.05, 4.69) is 0 Å². The molecule has 19 heavy (non-hydrogen) atoms. The Morgan fingerprint density at radius 2 is 1.74 bits per heavy atom. The molecule has 0 saturated carbocycles. The van der Waals surface area contributed by atoms with Crippen molar-refractivity contribution in [1.82, 2.24) is 0 Å². The average molecular weight is 254 g/mol. The summed E-state index contributed by atoms with van der Waals surface area (Å²) in [6, 6.07) is 14.0. The van der Waals surface area contributed by atoms with E-state index in [0.29, 0.717) is 16.9 Å². The number of anilines is 2. The molecule has 0 amide bonds. The number of benzene rings is 2. The van der Waals surface area contributed by atoms with E-state index in [4.69, 9.17) is 11.5 Å². The van der Waals surface area contributed by atoms with Gasteiger partial charge in [-0.25, -0.2) is 4.79 Å². The van der Waals surface area contributed by atoms with E-state index >= 15 is 0 Å². The van der Waals surface area contributed by atoms with Gasteiger partial charge in [-0.3, -0.25) is 0 Å². The predicted octanol–water partition coefficient (Wildman–Crippen LogP) is 2.48. The Morgan fingerprint density at radius 3 is 2.32 bits per heavy atom. The fraction of sp³-hybridized carbons (Fsp3) is 0. The molecule has 0 aliphatic rings. The highest BCUT2D eigenvalue weighted by molar-refractivity contribution is 6.22. The predicted molar refractivity (Wildman–Crippen MR) is 77.2 cm³/mol. The second-order valence-corrected chi connectivity index (χ2v) is 4.12. The van der Waals surface area contributed by atoms with Crippen molar-refractivity contribution in [2.24, 2.45) is 0 Å². The first-order valence-electron chi connectivity index (χ1n) is 5.73. The molecule has 2 aromatic carbocycles. The van der Waals surface area contributed by atoms with E-state index in [0.717, 1.165) is 5.56 Å². The molecule has 0 saturated heterocycles. The maximum atomic E-state index is 11.4. The van der Waals surface area contributed by atoms with Crippen LogP contribution in [0, 0.1) is 0 Å². The Balaban J connectivity index is 2.52. The molecule has 0 aliphatic carbocycles. The van der Waals surface area contributed by atoms with Gasteiger partial charge in [0.25, 0.3) is 0 Å². The molecule has 0 spiro atoms. The van der Waals surface area contributed by atoms with Gasteiger partial charge >= 0.3 is 5.97 Å². The number of rotatable bonds is 3. The van der Waals surface area contributed by atoms with E-state index in [9.17, 15) is 9.90 Å². The topological polar surface area (TPSA) is 89.3 Å². The van der Waals surface area contributed by atoms with Crippen molar-refractivity contribution in [3.8, 4) is 0 Å². The maximum Gasteiger partial charge on any atom is 0.336 e. The Bertz CT molecular complexity index is 634. The first-order chi connectivity index (χ1) is 9.08. The van der Waals surface area contributed by atoms with Gasteiger partial charge in [0.15, 0.2) is 0 Å². The van der Waals surface area contributed by atoms with Crippen molar-refractivity contribution in [2.75, 3.05) is 11.5 Å². The highest BCUT2D eigenvalue weighted by Crippen LogP contribution is 2.26. The fourth-order valence-corrected chi connectivity index (χ4v) is 1.80. The summed E-state index contributed by atoms with van der Waals surface area (Å²) < 4.78 is 0. The molecule has 0 fully saturated rings. The molecule has 5 N–H and O–H groups in total. The average Bonchev–Trinajstić information content (AvgIpc) is 2.38. The molecule has 0 bridgehead atoms. The van der Waals surface area contributed by atoms with Crippen LogP contribution in [0.25, 0.3) is 11.6 Å². The van der Waals surface area contributed by atoms with Gasteiger partial charge in [0.05, 0.1) is 5.57 Å². The number of nitrogens with two attached hydrogens (primary N) is 2. The molecular formula is C15H14N2O2. The van der Waals surface area contributed by atoms with Gasteiger partial charge in [0.1, 0.15) is 0 Å². The fourth-order valence-electron chi connectivity index (χ4n) is 1.80. The lowest BCUT2D eigenvalue weighted by atomic mass is 10.0. The van der Waals surface area contributed by atoms with Crippen LogP contribution in [0.5, 0.6) is 0 Å². The smallest absolute Gasteiger partial charge is 0.336 e. The molecule has 0 unspecified atom stereocenters. The van der Waals surface area contributed by atoms with Crippen LogP contribution < -0.4 is 11.5 Å². The maximum absolute atomic E-state index is 11.4. The van der Waals surface area contributed by atoms with E-state index in [1.165, 1.54) is 0 Å². The molecule has 96 valence electrons. The lowest BCUT2D eigenvalue weighted by Crippen LogP contribution is -2.03. The van der Waals surface area contributed by atoms with Gasteiger partial charge in [-0.05, 0) is 29.8 Å². The minimum absolute atomic E-state index is 0.142. The lowest BCUT2D eigenvalue weighted by Gasteiger charge is -2.07. The van der Waals surface area contributed by atoms with Crippen molar-refractivity contribution in [2.45, 2.75) is 0 Å². The number of nitrogen functional groups attached to an aromatic ring is 2. The zero-order valence-corrected chi connectivity index (χ0v) is 10.2. The highest BCUT2D eigenvalue weighted by atomic mass is 16.4. The number of hydrogen-bond donors (Lipinski definition) is 3. The van der Waals surface area contributed by atoms with E-state index in [-0.39, 0.29) is 5.57 Å². The zero-order valence-electron chi connectivity index (χ0n) is 10.2. The summed E-state index contributed by atoms with van der Waals surface area (Å²) >= 11 is 0. The third-order valence-corrected chi connectivity index (χ3v) is 2.71. The normalized spacial score (nSPS) is 11.3. The van der Waals surface area contributed by atoms with E-state index in [1.807, 2.05) is 30.3 Å². The minimum Gasteiger partial charge on any atom is -0.478 e. The zero-order chi connectivity index (χ0) is 13.8. The molecule has 4 heteroatoms. The largest absolute Gasteiger partial charge is 0.478 e. The van der Waals surface area contributed by atoms with Gasteiger partial charge in [-0.2, -0.15) is 0 Å². The lowest BCUT2D eigenvalue weighted by molar-refractivity contribution is -0.130.